The van der Waals surface area contributed by atoms with Crippen LogP contribution in [0.3, 0.4) is 0 Å². The van der Waals surface area contributed by atoms with Gasteiger partial charge in [-0.3, -0.25) is 0 Å². The van der Waals surface area contributed by atoms with Gasteiger partial charge >= 0.3 is 6.03 Å². The molecule has 3 heterocycles. The molecule has 0 saturated heterocycles. The Morgan fingerprint density at radius 3 is 2.68 bits per heavy atom. The number of hydrogen-bond acceptors (Lipinski definition) is 6. The number of rotatable bonds is 4. The molecule has 0 atom stereocenters. The summed E-state index contributed by atoms with van der Waals surface area (Å²) in [6, 6.07) is 7.15. The maximum Gasteiger partial charge on any atom is 0.322 e. The van der Waals surface area contributed by atoms with Gasteiger partial charge in [-0.2, -0.15) is 4.98 Å². The number of nitrogens with one attached hydrogen (secondary N) is 1. The molecule has 8 nitrogen and oxygen atoms in total. The fourth-order valence-corrected chi connectivity index (χ4v) is 3.11. The topological polar surface area (TPSA) is 97.0 Å². The molecule has 0 unspecified atom stereocenters. The molecule has 0 bridgehead atoms. The third kappa shape index (κ3) is 3.85. The van der Waals surface area contributed by atoms with Crippen molar-refractivity contribution in [2.24, 2.45) is 5.92 Å². The average molecular weight is 378 g/mol. The summed E-state index contributed by atoms with van der Waals surface area (Å²) in [7, 11) is 0. The van der Waals surface area contributed by atoms with Crippen LogP contribution >= 0.6 is 0 Å². The van der Waals surface area contributed by atoms with Crippen molar-refractivity contribution in [3.8, 4) is 11.5 Å². The number of benzene rings is 1. The molecular weight excluding hydrogens is 356 g/mol. The lowest BCUT2D eigenvalue weighted by Crippen LogP contribution is -2.30. The van der Waals surface area contributed by atoms with E-state index in [2.05, 4.69) is 39.3 Å². The van der Waals surface area contributed by atoms with Crippen LogP contribution in [0.15, 0.2) is 35.0 Å². The molecule has 28 heavy (non-hydrogen) atoms. The molecule has 8 heteroatoms. The van der Waals surface area contributed by atoms with Gasteiger partial charge in [0.15, 0.2) is 5.82 Å². The molecule has 2 aromatic heterocycles. The summed E-state index contributed by atoms with van der Waals surface area (Å²) in [5.74, 6) is 2.38. The van der Waals surface area contributed by atoms with Crippen molar-refractivity contribution in [1.29, 1.82) is 0 Å². The van der Waals surface area contributed by atoms with Crippen LogP contribution in [-0.2, 0) is 19.5 Å². The van der Waals surface area contributed by atoms with Crippen molar-refractivity contribution in [3.05, 3.63) is 53.4 Å². The first-order valence-corrected chi connectivity index (χ1v) is 9.28. The molecule has 2 amide bonds. The van der Waals surface area contributed by atoms with E-state index in [4.69, 9.17) is 4.52 Å². The Balaban J connectivity index is 1.40. The Labute approximate surface area is 163 Å². The SMILES string of the molecule is Cc1noc(-c2ccc(NC(=O)N3Cc4cnc(CC(C)C)nc4C3)cc2)n1. The van der Waals surface area contributed by atoms with Gasteiger partial charge in [-0.25, -0.2) is 14.8 Å². The summed E-state index contributed by atoms with van der Waals surface area (Å²) in [6.07, 6.45) is 2.68. The van der Waals surface area contributed by atoms with E-state index >= 15 is 0 Å². The maximum absolute atomic E-state index is 12.6. The molecule has 144 valence electrons. The number of fused-ring (bicyclic) bond motifs is 1. The lowest BCUT2D eigenvalue weighted by atomic mass is 10.1. The lowest BCUT2D eigenvalue weighted by Gasteiger charge is -2.16. The Morgan fingerprint density at radius 1 is 1.21 bits per heavy atom. The highest BCUT2D eigenvalue weighted by molar-refractivity contribution is 5.89. The second kappa shape index (κ2) is 7.38. The van der Waals surface area contributed by atoms with E-state index in [9.17, 15) is 4.79 Å². The number of carbonyl (C=O) groups excluding carboxylic acids is 1. The van der Waals surface area contributed by atoms with Crippen LogP contribution in [0.5, 0.6) is 0 Å². The second-order valence-electron chi connectivity index (χ2n) is 7.37. The molecule has 0 fully saturated rings. The number of nitrogens with zero attached hydrogens (tertiary/aromatic N) is 5. The summed E-state index contributed by atoms with van der Waals surface area (Å²) < 4.78 is 5.15. The minimum Gasteiger partial charge on any atom is -0.334 e. The Kier molecular flexibility index (Phi) is 4.77. The van der Waals surface area contributed by atoms with Gasteiger partial charge in [0.25, 0.3) is 5.89 Å². The van der Waals surface area contributed by atoms with Gasteiger partial charge in [-0.05, 0) is 37.1 Å². The molecule has 0 aliphatic carbocycles. The van der Waals surface area contributed by atoms with E-state index in [1.807, 2.05) is 30.5 Å². The lowest BCUT2D eigenvalue weighted by molar-refractivity contribution is 0.212. The fourth-order valence-electron chi connectivity index (χ4n) is 3.11. The first kappa shape index (κ1) is 18.1. The number of aryl methyl sites for hydroxylation is 1. The largest absolute Gasteiger partial charge is 0.334 e. The number of aromatic nitrogens is 4. The quantitative estimate of drug-likeness (QED) is 0.745. The zero-order valence-electron chi connectivity index (χ0n) is 16.1. The highest BCUT2D eigenvalue weighted by Crippen LogP contribution is 2.23. The van der Waals surface area contributed by atoms with Gasteiger partial charge in [0.1, 0.15) is 5.82 Å². The fraction of sp³-hybridized carbons (Fsp3) is 0.350. The van der Waals surface area contributed by atoms with Crippen LogP contribution < -0.4 is 5.32 Å². The van der Waals surface area contributed by atoms with Crippen molar-refractivity contribution < 1.29 is 9.32 Å². The molecule has 0 radical (unpaired) electrons. The monoisotopic (exact) mass is 378 g/mol. The molecule has 0 spiro atoms. The Hall–Kier alpha value is -3.29. The van der Waals surface area contributed by atoms with Crippen molar-refractivity contribution in [2.75, 3.05) is 5.32 Å². The normalized spacial score (nSPS) is 13.1. The molecule has 3 aromatic rings. The van der Waals surface area contributed by atoms with Gasteiger partial charge in [0.05, 0.1) is 18.8 Å². The number of urea groups is 1. The molecule has 1 N–H and O–H groups in total. The molecule has 1 aliphatic rings. The number of hydrogen-bond donors (Lipinski definition) is 1. The zero-order valence-corrected chi connectivity index (χ0v) is 16.1. The van der Waals surface area contributed by atoms with Crippen LogP contribution in [-0.4, -0.2) is 31.0 Å². The van der Waals surface area contributed by atoms with Gasteiger partial charge < -0.3 is 14.7 Å². The van der Waals surface area contributed by atoms with E-state index in [0.717, 1.165) is 29.1 Å². The summed E-state index contributed by atoms with van der Waals surface area (Å²) >= 11 is 0. The minimum absolute atomic E-state index is 0.162. The number of carbonyl (C=O) groups is 1. The van der Waals surface area contributed by atoms with E-state index in [1.54, 1.807) is 11.8 Å². The molecule has 1 aliphatic heterocycles. The van der Waals surface area contributed by atoms with Gasteiger partial charge in [-0.15, -0.1) is 0 Å². The maximum atomic E-state index is 12.6. The van der Waals surface area contributed by atoms with E-state index in [-0.39, 0.29) is 6.03 Å². The van der Waals surface area contributed by atoms with Crippen molar-refractivity contribution in [1.82, 2.24) is 25.0 Å². The Bertz CT molecular complexity index is 996. The molecular formula is C20H22N6O2. The Morgan fingerprint density at radius 2 is 2.00 bits per heavy atom. The van der Waals surface area contributed by atoms with Crippen molar-refractivity contribution >= 4 is 11.7 Å². The molecule has 4 rings (SSSR count). The highest BCUT2D eigenvalue weighted by atomic mass is 16.5. The van der Waals surface area contributed by atoms with Crippen LogP contribution in [0.2, 0.25) is 0 Å². The molecule has 1 aromatic carbocycles. The standard InChI is InChI=1S/C20H22N6O2/c1-12(2)8-18-21-9-15-10-26(11-17(15)24-18)20(27)23-16-6-4-14(5-7-16)19-22-13(3)25-28-19/h4-7,9,12H,8,10-11H2,1-3H3,(H,23,27). The average Bonchev–Trinajstić information content (AvgIpc) is 3.28. The predicted octanol–water partition coefficient (Wildman–Crippen LogP) is 3.58. The number of amides is 2. The molecule has 0 saturated carbocycles. The predicted molar refractivity (Wildman–Crippen MR) is 103 cm³/mol. The van der Waals surface area contributed by atoms with Crippen molar-refractivity contribution in [3.63, 3.8) is 0 Å². The summed E-state index contributed by atoms with van der Waals surface area (Å²) in [5.41, 5.74) is 3.44. The third-order valence-corrected chi connectivity index (χ3v) is 4.49. The van der Waals surface area contributed by atoms with Gasteiger partial charge in [-0.1, -0.05) is 19.0 Å². The number of anilines is 1. The third-order valence-electron chi connectivity index (χ3n) is 4.49. The van der Waals surface area contributed by atoms with Crippen LogP contribution in [0.25, 0.3) is 11.5 Å². The first-order chi connectivity index (χ1) is 13.5. The zero-order chi connectivity index (χ0) is 19.7. The summed E-state index contributed by atoms with van der Waals surface area (Å²) in [5, 5.41) is 6.71. The van der Waals surface area contributed by atoms with E-state index < -0.39 is 0 Å². The van der Waals surface area contributed by atoms with Crippen LogP contribution in [0, 0.1) is 12.8 Å². The highest BCUT2D eigenvalue weighted by Gasteiger charge is 2.25. The summed E-state index contributed by atoms with van der Waals surface area (Å²) in [6.45, 7) is 7.06. The van der Waals surface area contributed by atoms with E-state index in [1.165, 1.54) is 0 Å². The van der Waals surface area contributed by atoms with Crippen LogP contribution in [0.1, 0.15) is 36.8 Å². The first-order valence-electron chi connectivity index (χ1n) is 9.28. The van der Waals surface area contributed by atoms with Gasteiger partial charge in [0.2, 0.25) is 0 Å². The van der Waals surface area contributed by atoms with Crippen molar-refractivity contribution in [2.45, 2.75) is 40.3 Å². The van der Waals surface area contributed by atoms with Crippen LogP contribution in [0.4, 0.5) is 10.5 Å². The van der Waals surface area contributed by atoms with E-state index in [0.29, 0.717) is 36.4 Å². The van der Waals surface area contributed by atoms with Gasteiger partial charge in [0, 0.05) is 29.4 Å². The second-order valence-corrected chi connectivity index (χ2v) is 7.37. The minimum atomic E-state index is -0.162. The summed E-state index contributed by atoms with van der Waals surface area (Å²) in [4.78, 5) is 27.6. The smallest absolute Gasteiger partial charge is 0.322 e.